The monoisotopic (exact) mass is 210 g/mol. The molecule has 0 spiro atoms. The average Bonchev–Trinajstić information content (AvgIpc) is 2.66. The highest BCUT2D eigenvalue weighted by molar-refractivity contribution is 5.85. The molecule has 0 unspecified atom stereocenters. The number of carbonyl (C=O) groups is 2. The number of amides is 1. The minimum atomic E-state index is -0.933. The third-order valence-electron chi connectivity index (χ3n) is 2.36. The largest absolute Gasteiger partial charge is 0.480 e. The molecule has 1 aliphatic rings. The fraction of sp³-hybridized carbons (Fsp3) is 0.600. The molecule has 0 aromatic heterocycles. The highest BCUT2D eigenvalue weighted by Gasteiger charge is 2.33. The Kier molecular flexibility index (Phi) is 4.13. The highest BCUT2D eigenvalue weighted by Crippen LogP contribution is 2.16. The summed E-state index contributed by atoms with van der Waals surface area (Å²) in [6.07, 6.45) is 6.30. The maximum atomic E-state index is 11.6. The van der Waals surface area contributed by atoms with Gasteiger partial charge in [-0.25, -0.2) is 4.79 Å². The van der Waals surface area contributed by atoms with Crippen LogP contribution in [0.3, 0.4) is 0 Å². The fourth-order valence-corrected chi connectivity index (χ4v) is 1.67. The standard InChI is InChI=1S/C10H14N2O3/c1-2-5-11-7-9(13)12-6-3-4-8(12)10(14)15/h1,8,11H,3-7H2,(H,14,15)/t8-/m0/s1. The molecule has 1 atom stereocenters. The second-order valence-corrected chi connectivity index (χ2v) is 3.39. The van der Waals surface area contributed by atoms with Crippen LogP contribution in [0.25, 0.3) is 0 Å². The molecular weight excluding hydrogens is 196 g/mol. The Morgan fingerprint density at radius 1 is 1.60 bits per heavy atom. The summed E-state index contributed by atoms with van der Waals surface area (Å²) in [5.74, 6) is 1.22. The van der Waals surface area contributed by atoms with Gasteiger partial charge in [0.1, 0.15) is 6.04 Å². The lowest BCUT2D eigenvalue weighted by Crippen LogP contribution is -2.44. The maximum Gasteiger partial charge on any atom is 0.326 e. The van der Waals surface area contributed by atoms with Gasteiger partial charge in [-0.2, -0.15) is 0 Å². The number of carbonyl (C=O) groups excluding carboxylic acids is 1. The lowest BCUT2D eigenvalue weighted by Gasteiger charge is -2.21. The Morgan fingerprint density at radius 2 is 2.33 bits per heavy atom. The van der Waals surface area contributed by atoms with E-state index >= 15 is 0 Å². The van der Waals surface area contributed by atoms with Crippen LogP contribution in [0.2, 0.25) is 0 Å². The van der Waals surface area contributed by atoms with Gasteiger partial charge in [0.05, 0.1) is 13.1 Å². The average molecular weight is 210 g/mol. The molecule has 5 nitrogen and oxygen atoms in total. The van der Waals surface area contributed by atoms with E-state index in [1.165, 1.54) is 4.90 Å². The molecule has 0 bridgehead atoms. The summed E-state index contributed by atoms with van der Waals surface area (Å²) in [7, 11) is 0. The molecule has 82 valence electrons. The molecule has 15 heavy (non-hydrogen) atoms. The van der Waals surface area contributed by atoms with Crippen LogP contribution in [0.4, 0.5) is 0 Å². The first-order chi connectivity index (χ1) is 7.16. The van der Waals surface area contributed by atoms with E-state index in [9.17, 15) is 9.59 Å². The van der Waals surface area contributed by atoms with Crippen LogP contribution in [-0.2, 0) is 9.59 Å². The summed E-state index contributed by atoms with van der Waals surface area (Å²) in [5.41, 5.74) is 0. The number of terminal acetylenes is 1. The van der Waals surface area contributed by atoms with Crippen LogP contribution < -0.4 is 5.32 Å². The van der Waals surface area contributed by atoms with Crippen molar-refractivity contribution in [2.24, 2.45) is 0 Å². The Morgan fingerprint density at radius 3 is 2.93 bits per heavy atom. The van der Waals surface area contributed by atoms with E-state index in [1.807, 2.05) is 0 Å². The lowest BCUT2D eigenvalue weighted by molar-refractivity contribution is -0.147. The Bertz CT molecular complexity index is 296. The van der Waals surface area contributed by atoms with Gasteiger partial charge in [-0.1, -0.05) is 5.92 Å². The number of nitrogens with zero attached hydrogens (tertiary/aromatic N) is 1. The number of hydrogen-bond donors (Lipinski definition) is 2. The number of rotatable bonds is 4. The van der Waals surface area contributed by atoms with E-state index in [-0.39, 0.29) is 12.5 Å². The summed E-state index contributed by atoms with van der Waals surface area (Å²) < 4.78 is 0. The van der Waals surface area contributed by atoms with Crippen molar-refractivity contribution in [3.8, 4) is 12.3 Å². The summed E-state index contributed by atoms with van der Waals surface area (Å²) >= 11 is 0. The smallest absolute Gasteiger partial charge is 0.326 e. The molecular formula is C10H14N2O3. The van der Waals surface area contributed by atoms with Crippen molar-refractivity contribution in [3.63, 3.8) is 0 Å². The Balaban J connectivity index is 2.45. The molecule has 0 radical (unpaired) electrons. The van der Waals surface area contributed by atoms with Gasteiger partial charge in [0.15, 0.2) is 0 Å². The van der Waals surface area contributed by atoms with E-state index in [0.717, 1.165) is 6.42 Å². The summed E-state index contributed by atoms with van der Waals surface area (Å²) in [6, 6.07) is -0.662. The normalized spacial score (nSPS) is 19.9. The van der Waals surface area contributed by atoms with Crippen molar-refractivity contribution in [1.82, 2.24) is 10.2 Å². The van der Waals surface area contributed by atoms with Gasteiger partial charge in [-0.3, -0.25) is 10.1 Å². The second-order valence-electron chi connectivity index (χ2n) is 3.39. The van der Waals surface area contributed by atoms with Crippen molar-refractivity contribution >= 4 is 11.9 Å². The van der Waals surface area contributed by atoms with Gasteiger partial charge < -0.3 is 10.0 Å². The Labute approximate surface area is 88.4 Å². The van der Waals surface area contributed by atoms with Crippen LogP contribution >= 0.6 is 0 Å². The number of aliphatic carboxylic acids is 1. The molecule has 1 saturated heterocycles. The van der Waals surface area contributed by atoms with Gasteiger partial charge in [0.2, 0.25) is 5.91 Å². The van der Waals surface area contributed by atoms with Crippen LogP contribution in [-0.4, -0.2) is 47.6 Å². The van der Waals surface area contributed by atoms with Crippen molar-refractivity contribution in [1.29, 1.82) is 0 Å². The minimum Gasteiger partial charge on any atom is -0.480 e. The molecule has 1 heterocycles. The molecule has 1 rings (SSSR count). The minimum absolute atomic E-state index is 0.105. The highest BCUT2D eigenvalue weighted by atomic mass is 16.4. The number of likely N-dealkylation sites (tertiary alicyclic amines) is 1. The van der Waals surface area contributed by atoms with Gasteiger partial charge in [-0.05, 0) is 12.8 Å². The summed E-state index contributed by atoms with van der Waals surface area (Å²) in [5, 5.41) is 11.6. The fourth-order valence-electron chi connectivity index (χ4n) is 1.67. The first-order valence-electron chi connectivity index (χ1n) is 4.83. The topological polar surface area (TPSA) is 69.6 Å². The van der Waals surface area contributed by atoms with E-state index in [4.69, 9.17) is 11.5 Å². The van der Waals surface area contributed by atoms with Crippen molar-refractivity contribution < 1.29 is 14.7 Å². The molecule has 0 aromatic carbocycles. The first kappa shape index (κ1) is 11.5. The predicted octanol–water partition coefficient (Wildman–Crippen LogP) is -0.715. The van der Waals surface area contributed by atoms with Crippen LogP contribution in [0.15, 0.2) is 0 Å². The maximum absolute atomic E-state index is 11.6. The van der Waals surface area contributed by atoms with E-state index in [1.54, 1.807) is 0 Å². The van der Waals surface area contributed by atoms with Gasteiger partial charge in [0, 0.05) is 6.54 Å². The number of nitrogens with one attached hydrogen (secondary N) is 1. The van der Waals surface area contributed by atoms with Crippen molar-refractivity contribution in [2.45, 2.75) is 18.9 Å². The zero-order chi connectivity index (χ0) is 11.3. The van der Waals surface area contributed by atoms with Crippen molar-refractivity contribution in [3.05, 3.63) is 0 Å². The molecule has 2 N–H and O–H groups in total. The van der Waals surface area contributed by atoms with Crippen LogP contribution in [0.1, 0.15) is 12.8 Å². The molecule has 0 aliphatic carbocycles. The summed E-state index contributed by atoms with van der Waals surface area (Å²) in [6.45, 7) is 0.943. The quantitative estimate of drug-likeness (QED) is 0.475. The van der Waals surface area contributed by atoms with Gasteiger partial charge in [0.25, 0.3) is 0 Å². The molecule has 0 saturated carbocycles. The van der Waals surface area contributed by atoms with E-state index in [2.05, 4.69) is 11.2 Å². The molecule has 5 heteroatoms. The lowest BCUT2D eigenvalue weighted by atomic mass is 10.2. The van der Waals surface area contributed by atoms with Gasteiger partial charge >= 0.3 is 5.97 Å². The number of carboxylic acids is 1. The Hall–Kier alpha value is -1.54. The van der Waals surface area contributed by atoms with E-state index in [0.29, 0.717) is 19.5 Å². The van der Waals surface area contributed by atoms with Crippen LogP contribution in [0, 0.1) is 12.3 Å². The zero-order valence-electron chi connectivity index (χ0n) is 8.40. The third-order valence-corrected chi connectivity index (χ3v) is 2.36. The molecule has 1 aliphatic heterocycles. The van der Waals surface area contributed by atoms with E-state index < -0.39 is 12.0 Å². The van der Waals surface area contributed by atoms with Crippen molar-refractivity contribution in [2.75, 3.05) is 19.6 Å². The molecule has 0 aromatic rings. The van der Waals surface area contributed by atoms with Gasteiger partial charge in [-0.15, -0.1) is 6.42 Å². The molecule has 1 fully saturated rings. The third kappa shape index (κ3) is 2.96. The first-order valence-corrected chi connectivity index (χ1v) is 4.83. The zero-order valence-corrected chi connectivity index (χ0v) is 8.40. The van der Waals surface area contributed by atoms with Crippen LogP contribution in [0.5, 0.6) is 0 Å². The number of hydrogen-bond acceptors (Lipinski definition) is 3. The number of carboxylic acid groups (broad SMARTS) is 1. The summed E-state index contributed by atoms with van der Waals surface area (Å²) in [4.78, 5) is 23.8. The second kappa shape index (κ2) is 5.37. The SMILES string of the molecule is C#CCNCC(=O)N1CCC[C@H]1C(=O)O. The predicted molar refractivity (Wildman–Crippen MR) is 54.1 cm³/mol. The molecule has 1 amide bonds.